The first-order chi connectivity index (χ1) is 11.5. The molecule has 0 amide bonds. The Morgan fingerprint density at radius 2 is 1.75 bits per heavy atom. The van der Waals surface area contributed by atoms with Crippen LogP contribution in [0.2, 0.25) is 0 Å². The second-order valence-corrected chi connectivity index (χ2v) is 5.14. The highest BCUT2D eigenvalue weighted by Crippen LogP contribution is 2.19. The fourth-order valence-electron chi connectivity index (χ4n) is 1.94. The predicted octanol–water partition coefficient (Wildman–Crippen LogP) is 2.29. The Morgan fingerprint density at radius 1 is 1.08 bits per heavy atom. The van der Waals surface area contributed by atoms with E-state index in [9.17, 15) is 9.59 Å². The van der Waals surface area contributed by atoms with Crippen molar-refractivity contribution in [1.82, 2.24) is 0 Å². The van der Waals surface area contributed by atoms with Gasteiger partial charge < -0.3 is 19.7 Å². The fraction of sp³-hybridized carbons (Fsp3) is 0.222. The molecule has 0 aromatic heterocycles. The van der Waals surface area contributed by atoms with Gasteiger partial charge in [0.25, 0.3) is 0 Å². The number of hydrogen-bond donors (Lipinski definition) is 2. The molecular weight excluding hydrogens is 312 g/mol. The first-order valence-corrected chi connectivity index (χ1v) is 7.35. The van der Waals surface area contributed by atoms with Crippen molar-refractivity contribution in [2.45, 2.75) is 19.6 Å². The zero-order valence-electron chi connectivity index (χ0n) is 13.1. The van der Waals surface area contributed by atoms with Crippen LogP contribution < -0.4 is 9.47 Å². The summed E-state index contributed by atoms with van der Waals surface area (Å²) >= 11 is 0. The number of carboxylic acid groups (broad SMARTS) is 1. The van der Waals surface area contributed by atoms with Crippen LogP contribution in [-0.2, 0) is 11.4 Å². The second kappa shape index (κ2) is 8.12. The van der Waals surface area contributed by atoms with Crippen molar-refractivity contribution in [2.75, 3.05) is 6.61 Å². The quantitative estimate of drug-likeness (QED) is 0.721. The molecule has 0 radical (unpaired) electrons. The van der Waals surface area contributed by atoms with E-state index in [1.54, 1.807) is 48.5 Å². The van der Waals surface area contributed by atoms with E-state index >= 15 is 0 Å². The monoisotopic (exact) mass is 330 g/mol. The summed E-state index contributed by atoms with van der Waals surface area (Å²) in [7, 11) is 0. The van der Waals surface area contributed by atoms with Gasteiger partial charge in [0.1, 0.15) is 11.5 Å². The number of carboxylic acids is 1. The maximum Gasteiger partial charge on any atom is 0.344 e. The van der Waals surface area contributed by atoms with E-state index in [0.717, 1.165) is 0 Å². The maximum atomic E-state index is 12.1. The van der Waals surface area contributed by atoms with Gasteiger partial charge in [-0.1, -0.05) is 18.2 Å². The van der Waals surface area contributed by atoms with Gasteiger partial charge in [0.2, 0.25) is 0 Å². The normalized spacial score (nSPS) is 11.6. The third-order valence-electron chi connectivity index (χ3n) is 3.29. The predicted molar refractivity (Wildman–Crippen MR) is 86.4 cm³/mol. The molecule has 6 heteroatoms. The summed E-state index contributed by atoms with van der Waals surface area (Å²) in [5.41, 5.74) is 1.13. The number of ketones is 1. The molecule has 2 rings (SSSR count). The number of hydrogen-bond acceptors (Lipinski definition) is 5. The Morgan fingerprint density at radius 3 is 2.38 bits per heavy atom. The van der Waals surface area contributed by atoms with Crippen LogP contribution in [0, 0.1) is 0 Å². The van der Waals surface area contributed by atoms with Crippen molar-refractivity contribution >= 4 is 11.8 Å². The lowest BCUT2D eigenvalue weighted by molar-refractivity contribution is -0.144. The van der Waals surface area contributed by atoms with Crippen molar-refractivity contribution in [3.8, 4) is 11.5 Å². The Labute approximate surface area is 139 Å². The van der Waals surface area contributed by atoms with Crippen LogP contribution in [0.4, 0.5) is 0 Å². The highest BCUT2D eigenvalue weighted by molar-refractivity contribution is 5.97. The summed E-state index contributed by atoms with van der Waals surface area (Å²) in [4.78, 5) is 22.8. The molecule has 126 valence electrons. The molecule has 24 heavy (non-hydrogen) atoms. The summed E-state index contributed by atoms with van der Waals surface area (Å²) in [6.45, 7) is 1.17. The zero-order chi connectivity index (χ0) is 17.5. The molecular formula is C18H18O6. The van der Waals surface area contributed by atoms with Crippen molar-refractivity contribution in [3.63, 3.8) is 0 Å². The molecule has 0 heterocycles. The summed E-state index contributed by atoms with van der Waals surface area (Å²) in [5.74, 6) is -0.382. The number of aliphatic hydroxyl groups excluding tert-OH is 1. The Hall–Kier alpha value is -2.86. The van der Waals surface area contributed by atoms with Crippen molar-refractivity contribution in [3.05, 3.63) is 59.7 Å². The van der Waals surface area contributed by atoms with E-state index in [-0.39, 0.29) is 19.0 Å². The molecule has 0 bridgehead atoms. The van der Waals surface area contributed by atoms with Gasteiger partial charge in [-0.15, -0.1) is 0 Å². The lowest BCUT2D eigenvalue weighted by Crippen LogP contribution is -2.22. The average Bonchev–Trinajstić information content (AvgIpc) is 2.60. The van der Waals surface area contributed by atoms with Gasteiger partial charge in [0.05, 0.1) is 6.61 Å². The Bertz CT molecular complexity index is 708. The molecule has 0 saturated carbocycles. The van der Waals surface area contributed by atoms with Crippen LogP contribution in [-0.4, -0.2) is 34.7 Å². The van der Waals surface area contributed by atoms with Gasteiger partial charge in [-0.3, -0.25) is 4.79 Å². The fourth-order valence-corrected chi connectivity index (χ4v) is 1.94. The number of aliphatic carboxylic acids is 1. The molecule has 6 nitrogen and oxygen atoms in total. The standard InChI is InChI=1S/C18H18O6/c1-12(18(21)22)24-16-7-5-15(6-8-16)23-11-17(20)14-4-2-3-13(9-14)10-19/h2-9,12,19H,10-11H2,1H3,(H,21,22)/t12-/m0/s1. The summed E-state index contributed by atoms with van der Waals surface area (Å²) in [5, 5.41) is 17.9. The summed E-state index contributed by atoms with van der Waals surface area (Å²) in [6, 6.07) is 13.1. The first-order valence-electron chi connectivity index (χ1n) is 7.35. The van der Waals surface area contributed by atoms with Crippen LogP contribution in [0.5, 0.6) is 11.5 Å². The minimum Gasteiger partial charge on any atom is -0.485 e. The second-order valence-electron chi connectivity index (χ2n) is 5.14. The molecule has 0 aliphatic carbocycles. The van der Waals surface area contributed by atoms with E-state index < -0.39 is 12.1 Å². The summed E-state index contributed by atoms with van der Waals surface area (Å²) in [6.07, 6.45) is -0.947. The van der Waals surface area contributed by atoms with Crippen molar-refractivity contribution < 1.29 is 29.3 Å². The van der Waals surface area contributed by atoms with Crippen molar-refractivity contribution in [2.24, 2.45) is 0 Å². The van der Waals surface area contributed by atoms with E-state index in [2.05, 4.69) is 0 Å². The first kappa shape index (κ1) is 17.5. The number of benzene rings is 2. The Balaban J connectivity index is 1.92. The van der Waals surface area contributed by atoms with E-state index in [1.807, 2.05) is 0 Å². The van der Waals surface area contributed by atoms with Crippen LogP contribution in [0.3, 0.4) is 0 Å². The number of carbonyl (C=O) groups is 2. The smallest absolute Gasteiger partial charge is 0.344 e. The van der Waals surface area contributed by atoms with Gasteiger partial charge in [0, 0.05) is 5.56 Å². The molecule has 0 aliphatic heterocycles. The zero-order valence-corrected chi connectivity index (χ0v) is 13.1. The molecule has 2 aromatic rings. The van der Waals surface area contributed by atoms with E-state index in [1.165, 1.54) is 6.92 Å². The highest BCUT2D eigenvalue weighted by Gasteiger charge is 2.12. The largest absolute Gasteiger partial charge is 0.485 e. The van der Waals surface area contributed by atoms with Crippen LogP contribution >= 0.6 is 0 Å². The number of carbonyl (C=O) groups excluding carboxylic acids is 1. The van der Waals surface area contributed by atoms with E-state index in [0.29, 0.717) is 22.6 Å². The van der Waals surface area contributed by atoms with Crippen LogP contribution in [0.25, 0.3) is 0 Å². The molecule has 0 unspecified atom stereocenters. The number of Topliss-reactive ketones (excluding diaryl/α,β-unsaturated/α-hetero) is 1. The minimum absolute atomic E-state index is 0.127. The molecule has 0 fully saturated rings. The maximum absolute atomic E-state index is 12.1. The summed E-state index contributed by atoms with van der Waals surface area (Å²) < 4.78 is 10.6. The average molecular weight is 330 g/mol. The van der Waals surface area contributed by atoms with E-state index in [4.69, 9.17) is 19.7 Å². The third kappa shape index (κ3) is 4.82. The van der Waals surface area contributed by atoms with Gasteiger partial charge in [-0.2, -0.15) is 0 Å². The Kier molecular flexibility index (Phi) is 5.92. The number of ether oxygens (including phenoxy) is 2. The van der Waals surface area contributed by atoms with Crippen molar-refractivity contribution in [1.29, 1.82) is 0 Å². The van der Waals surface area contributed by atoms with Crippen LogP contribution in [0.15, 0.2) is 48.5 Å². The third-order valence-corrected chi connectivity index (χ3v) is 3.29. The van der Waals surface area contributed by atoms with Gasteiger partial charge in [0.15, 0.2) is 18.5 Å². The van der Waals surface area contributed by atoms with Gasteiger partial charge >= 0.3 is 5.97 Å². The molecule has 0 aliphatic rings. The number of aliphatic hydroxyl groups is 1. The molecule has 2 aromatic carbocycles. The minimum atomic E-state index is -1.05. The molecule has 1 atom stereocenters. The molecule has 2 N–H and O–H groups in total. The van der Waals surface area contributed by atoms with Crippen LogP contribution in [0.1, 0.15) is 22.8 Å². The molecule has 0 saturated heterocycles. The number of rotatable bonds is 8. The van der Waals surface area contributed by atoms with Gasteiger partial charge in [-0.25, -0.2) is 4.79 Å². The molecule has 0 spiro atoms. The lowest BCUT2D eigenvalue weighted by Gasteiger charge is -2.11. The highest BCUT2D eigenvalue weighted by atomic mass is 16.5. The SMILES string of the molecule is C[C@H](Oc1ccc(OCC(=O)c2cccc(CO)c2)cc1)C(=O)O. The lowest BCUT2D eigenvalue weighted by atomic mass is 10.1. The van der Waals surface area contributed by atoms with Gasteiger partial charge in [-0.05, 0) is 42.8 Å². The topological polar surface area (TPSA) is 93.1 Å².